The molecule has 0 amide bonds. The van der Waals surface area contributed by atoms with E-state index in [9.17, 15) is 0 Å². The summed E-state index contributed by atoms with van der Waals surface area (Å²) in [7, 11) is 0. The fourth-order valence-corrected chi connectivity index (χ4v) is 14.5. The zero-order valence-corrected chi connectivity index (χ0v) is 42.9. The van der Waals surface area contributed by atoms with Crippen LogP contribution in [0, 0.1) is 0 Å². The Kier molecular flexibility index (Phi) is 27.2. The summed E-state index contributed by atoms with van der Waals surface area (Å²) in [5, 5.41) is 8.79. The molecule has 59 heavy (non-hydrogen) atoms. The molecule has 0 saturated carbocycles. The Bertz CT molecular complexity index is 1730. The molecule has 0 saturated heterocycles. The molecule has 4 rings (SSSR count). The van der Waals surface area contributed by atoms with Gasteiger partial charge in [0.1, 0.15) is 0 Å². The Morgan fingerprint density at radius 1 is 0.305 bits per heavy atom. The van der Waals surface area contributed by atoms with E-state index in [0.29, 0.717) is 0 Å². The Balaban J connectivity index is 1.96. The van der Waals surface area contributed by atoms with Crippen molar-refractivity contribution in [2.24, 2.45) is 0 Å². The first kappa shape index (κ1) is 51.1. The van der Waals surface area contributed by atoms with Crippen molar-refractivity contribution in [1.29, 1.82) is 0 Å². The van der Waals surface area contributed by atoms with Crippen LogP contribution in [0.25, 0.3) is 32.3 Å². The fourth-order valence-electron chi connectivity index (χ4n) is 7.66. The van der Waals surface area contributed by atoms with E-state index in [1.54, 1.807) is 0 Å². The number of benzene rings is 4. The van der Waals surface area contributed by atoms with Gasteiger partial charge in [-0.15, -0.1) is 77.2 Å². The fraction of sp³-hybridized carbons (Fsp3) is 0.623. The van der Waals surface area contributed by atoms with Gasteiger partial charge in [-0.25, -0.2) is 0 Å². The molecule has 0 aliphatic heterocycles. The van der Waals surface area contributed by atoms with Gasteiger partial charge >= 0.3 is 0 Å². The van der Waals surface area contributed by atoms with Crippen LogP contribution in [0.1, 0.15) is 176 Å². The maximum atomic E-state index is 4.03. The van der Waals surface area contributed by atoms with Gasteiger partial charge in [0.25, 0.3) is 0 Å². The molecule has 0 atom stereocenters. The third-order valence-electron chi connectivity index (χ3n) is 11.2. The summed E-state index contributed by atoms with van der Waals surface area (Å²) in [6, 6.07) is 15.9. The van der Waals surface area contributed by atoms with Gasteiger partial charge in [-0.05, 0) is 148 Å². The topological polar surface area (TPSA) is 0 Å². The molecule has 0 heterocycles. The van der Waals surface area contributed by atoms with Crippen molar-refractivity contribution >= 4 is 103 Å². The third kappa shape index (κ3) is 17.5. The van der Waals surface area contributed by atoms with Crippen LogP contribution < -0.4 is 0 Å². The molecule has 0 nitrogen and oxygen atoms in total. The molecule has 4 aromatic carbocycles. The maximum Gasteiger partial charge on any atom is 0.0215 e. The number of thioether (sulfide) groups is 6. The van der Waals surface area contributed by atoms with Crippen LogP contribution in [-0.4, -0.2) is 34.5 Å². The van der Waals surface area contributed by atoms with Crippen LogP contribution in [0.5, 0.6) is 0 Å². The van der Waals surface area contributed by atoms with Crippen molar-refractivity contribution in [3.8, 4) is 0 Å². The molecule has 328 valence electrons. The Morgan fingerprint density at radius 3 is 0.695 bits per heavy atom. The normalized spacial score (nSPS) is 11.8. The molecule has 0 radical (unpaired) electrons. The molecule has 0 fully saturated rings. The molecule has 6 heteroatoms. The monoisotopic (exact) mass is 908 g/mol. The van der Waals surface area contributed by atoms with Crippen LogP contribution in [0.3, 0.4) is 0 Å². The lowest BCUT2D eigenvalue weighted by molar-refractivity contribution is 0.706. The summed E-state index contributed by atoms with van der Waals surface area (Å²) >= 11 is 12.7. The minimum Gasteiger partial charge on any atom is -0.125 e. The molecule has 0 bridgehead atoms. The average molecular weight is 910 g/mol. The summed E-state index contributed by atoms with van der Waals surface area (Å²) < 4.78 is 0. The largest absolute Gasteiger partial charge is 0.125 e. The summed E-state index contributed by atoms with van der Waals surface area (Å²) in [6.45, 7) is 15.7. The number of rotatable bonds is 35. The van der Waals surface area contributed by atoms with E-state index >= 15 is 0 Å². The van der Waals surface area contributed by atoms with Gasteiger partial charge in [-0.2, -0.15) is 0 Å². The predicted molar refractivity (Wildman–Crippen MR) is 283 cm³/mol. The van der Waals surface area contributed by atoms with E-state index in [0.717, 1.165) is 12.2 Å². The Morgan fingerprint density at radius 2 is 0.508 bits per heavy atom. The van der Waals surface area contributed by atoms with E-state index < -0.39 is 0 Å². The smallest absolute Gasteiger partial charge is 0.0215 e. The van der Waals surface area contributed by atoms with Gasteiger partial charge in [0.15, 0.2) is 0 Å². The summed E-state index contributed by atoms with van der Waals surface area (Å²) in [5.41, 5.74) is 0. The third-order valence-corrected chi connectivity index (χ3v) is 18.4. The van der Waals surface area contributed by atoms with Crippen molar-refractivity contribution in [1.82, 2.24) is 0 Å². The van der Waals surface area contributed by atoms with E-state index in [4.69, 9.17) is 0 Å². The van der Waals surface area contributed by atoms with Gasteiger partial charge in [0, 0.05) is 29.4 Å². The molecular formula is C53H80S6. The van der Waals surface area contributed by atoms with E-state index in [2.05, 4.69) is 154 Å². The first-order chi connectivity index (χ1) is 29.1. The first-order valence-corrected chi connectivity index (χ1v) is 29.9. The highest BCUT2D eigenvalue weighted by atomic mass is 32.2. The second-order valence-corrected chi connectivity index (χ2v) is 23.2. The van der Waals surface area contributed by atoms with Gasteiger partial charge < -0.3 is 0 Å². The maximum absolute atomic E-state index is 4.03. The van der Waals surface area contributed by atoms with Gasteiger partial charge in [0.2, 0.25) is 0 Å². The molecule has 0 aliphatic carbocycles. The highest BCUT2D eigenvalue weighted by Crippen LogP contribution is 2.47. The van der Waals surface area contributed by atoms with E-state index in [1.807, 2.05) is 0 Å². The number of unbranched alkanes of at least 4 members (excludes halogenated alkanes) is 16. The lowest BCUT2D eigenvalue weighted by Crippen LogP contribution is -1.93. The second kappa shape index (κ2) is 31.4. The average Bonchev–Trinajstić information content (AvgIpc) is 3.25. The van der Waals surface area contributed by atoms with Crippen molar-refractivity contribution < 1.29 is 0 Å². The number of allylic oxidation sites excluding steroid dienone is 1. The molecule has 0 N–H and O–H groups in total. The molecule has 4 aromatic rings. The van der Waals surface area contributed by atoms with Crippen LogP contribution in [-0.2, 0) is 0 Å². The lowest BCUT2D eigenvalue weighted by atomic mass is 9.94. The molecular weight excluding hydrogens is 829 g/mol. The van der Waals surface area contributed by atoms with Crippen LogP contribution in [0.2, 0.25) is 0 Å². The van der Waals surface area contributed by atoms with Crippen molar-refractivity contribution in [2.45, 2.75) is 205 Å². The predicted octanol–water partition coefficient (Wildman–Crippen LogP) is 20.6. The number of hydrogen-bond donors (Lipinski definition) is 0. The zero-order valence-electron chi connectivity index (χ0n) is 38.0. The molecule has 0 spiro atoms. The van der Waals surface area contributed by atoms with Crippen LogP contribution in [0.4, 0.5) is 0 Å². The minimum absolute atomic E-state index is 1.09. The lowest BCUT2D eigenvalue weighted by Gasteiger charge is -2.20. The van der Waals surface area contributed by atoms with E-state index in [-0.39, 0.29) is 0 Å². The van der Waals surface area contributed by atoms with Gasteiger partial charge in [0.05, 0.1) is 0 Å². The summed E-state index contributed by atoms with van der Waals surface area (Å²) in [5.74, 6) is 7.18. The SMILES string of the molecule is C=CCCCSc1cc2c(cc1SCCCCCC)c1cc(SCCCCCC)c(SCCCCCC)cc1c1cc(SCCCCCC)c(SCCCCCC)cc21. The van der Waals surface area contributed by atoms with Crippen molar-refractivity contribution in [3.63, 3.8) is 0 Å². The Hall–Kier alpha value is -0.500. The van der Waals surface area contributed by atoms with Crippen molar-refractivity contribution in [2.75, 3.05) is 34.5 Å². The zero-order chi connectivity index (χ0) is 41.9. The van der Waals surface area contributed by atoms with E-state index in [1.165, 1.54) is 225 Å². The summed E-state index contributed by atoms with van der Waals surface area (Å²) in [6.07, 6.45) is 30.8. The highest BCUT2D eigenvalue weighted by molar-refractivity contribution is 8.03. The molecule has 0 unspecified atom stereocenters. The van der Waals surface area contributed by atoms with Gasteiger partial charge in [-0.1, -0.05) is 137 Å². The molecule has 0 aromatic heterocycles. The minimum atomic E-state index is 1.09. The quantitative estimate of drug-likeness (QED) is 0.0194. The standard InChI is InChI=1S/C53H80S6/c1-7-13-19-25-31-55-49-37-43-42(36-48(49)54-30-24-18-12-6)44-38-50(56-32-26-20-14-8-2)52(58-34-28-22-16-10-4)40-46(44)47-41-53(59-35-29-23-17-11-5)51(39-45(43)47)57-33-27-21-15-9-3/h12,36-41H,6-11,13-35H2,1-5H3. The first-order valence-electron chi connectivity index (χ1n) is 24.0. The van der Waals surface area contributed by atoms with Crippen molar-refractivity contribution in [3.05, 3.63) is 49.1 Å². The summed E-state index contributed by atoms with van der Waals surface area (Å²) in [4.78, 5) is 9.02. The second-order valence-electron chi connectivity index (χ2n) is 16.4. The molecule has 0 aliphatic rings. The number of hydrogen-bond acceptors (Lipinski definition) is 6. The van der Waals surface area contributed by atoms with Crippen LogP contribution in [0.15, 0.2) is 78.4 Å². The Labute approximate surface area is 388 Å². The van der Waals surface area contributed by atoms with Gasteiger partial charge in [-0.3, -0.25) is 0 Å². The highest BCUT2D eigenvalue weighted by Gasteiger charge is 2.19. The number of fused-ring (bicyclic) bond motifs is 6. The van der Waals surface area contributed by atoms with Crippen LogP contribution >= 0.6 is 70.6 Å².